The predicted octanol–water partition coefficient (Wildman–Crippen LogP) is 1.82. The van der Waals surface area contributed by atoms with Gasteiger partial charge in [0.1, 0.15) is 0 Å². The van der Waals surface area contributed by atoms with Crippen LogP contribution in [0.1, 0.15) is 30.9 Å². The van der Waals surface area contributed by atoms with E-state index in [1.165, 1.54) is 5.56 Å². The van der Waals surface area contributed by atoms with Gasteiger partial charge in [0.2, 0.25) is 0 Å². The van der Waals surface area contributed by atoms with Crippen LogP contribution in [0.25, 0.3) is 0 Å². The van der Waals surface area contributed by atoms with E-state index >= 15 is 0 Å². The third-order valence-corrected chi connectivity index (χ3v) is 2.10. The van der Waals surface area contributed by atoms with Crippen molar-refractivity contribution in [2.75, 3.05) is 0 Å². The summed E-state index contributed by atoms with van der Waals surface area (Å²) in [5, 5.41) is 0. The number of aromatic nitrogens is 1. The lowest BCUT2D eigenvalue weighted by Crippen LogP contribution is -2.17. The van der Waals surface area contributed by atoms with Gasteiger partial charge in [-0.05, 0) is 24.0 Å². The second-order valence-electron chi connectivity index (χ2n) is 3.52. The topological polar surface area (TPSA) is 22.0 Å². The highest BCUT2D eigenvalue weighted by Gasteiger charge is 2.04. The van der Waals surface area contributed by atoms with Gasteiger partial charge in [-0.25, -0.2) is 0 Å². The van der Waals surface area contributed by atoms with Gasteiger partial charge in [-0.3, -0.25) is 4.79 Å². The Kier molecular flexibility index (Phi) is 2.36. The van der Waals surface area contributed by atoms with E-state index in [9.17, 15) is 4.79 Å². The highest BCUT2D eigenvalue weighted by atomic mass is 16.1. The Balaban J connectivity index is 3.33. The number of pyridine rings is 1. The van der Waals surface area contributed by atoms with Crippen LogP contribution in [-0.2, 0) is 7.05 Å². The second-order valence-corrected chi connectivity index (χ2v) is 3.52. The molecule has 0 bridgehead atoms. The van der Waals surface area contributed by atoms with E-state index < -0.39 is 0 Å². The van der Waals surface area contributed by atoms with Crippen molar-refractivity contribution in [3.05, 3.63) is 33.7 Å². The first-order valence-corrected chi connectivity index (χ1v) is 4.19. The van der Waals surface area contributed by atoms with Crippen LogP contribution in [0.2, 0.25) is 0 Å². The lowest BCUT2D eigenvalue weighted by molar-refractivity contribution is 0.785. The van der Waals surface area contributed by atoms with Gasteiger partial charge in [0.15, 0.2) is 0 Å². The molecule has 0 fully saturated rings. The smallest absolute Gasteiger partial charge is 0.250 e. The highest BCUT2D eigenvalue weighted by Crippen LogP contribution is 2.15. The number of hydrogen-bond acceptors (Lipinski definition) is 1. The molecule has 0 amide bonds. The summed E-state index contributed by atoms with van der Waals surface area (Å²) in [7, 11) is 1.79. The summed E-state index contributed by atoms with van der Waals surface area (Å²) >= 11 is 0. The third kappa shape index (κ3) is 1.58. The summed E-state index contributed by atoms with van der Waals surface area (Å²) in [5.74, 6) is 0.483. The molecular formula is C10H15NO. The number of nitrogens with zero attached hydrogens (tertiary/aromatic N) is 1. The van der Waals surface area contributed by atoms with Crippen LogP contribution in [0.4, 0.5) is 0 Å². The van der Waals surface area contributed by atoms with Crippen LogP contribution < -0.4 is 5.56 Å². The number of hydrogen-bond donors (Lipinski definition) is 0. The molecule has 0 spiro atoms. The summed E-state index contributed by atoms with van der Waals surface area (Å²) < 4.78 is 1.63. The highest BCUT2D eigenvalue weighted by molar-refractivity contribution is 5.24. The van der Waals surface area contributed by atoms with Crippen LogP contribution >= 0.6 is 0 Å². The molecule has 2 nitrogen and oxygen atoms in total. The molecule has 66 valence electrons. The minimum atomic E-state index is 0.0666. The monoisotopic (exact) mass is 165 g/mol. The molecular weight excluding hydrogens is 150 g/mol. The van der Waals surface area contributed by atoms with Crippen molar-refractivity contribution in [1.29, 1.82) is 0 Å². The van der Waals surface area contributed by atoms with Crippen molar-refractivity contribution in [2.24, 2.45) is 7.05 Å². The average Bonchev–Trinajstić information content (AvgIpc) is 1.96. The maximum absolute atomic E-state index is 11.2. The molecule has 0 unspecified atom stereocenters. The van der Waals surface area contributed by atoms with Crippen LogP contribution in [0.15, 0.2) is 17.1 Å². The van der Waals surface area contributed by atoms with Gasteiger partial charge < -0.3 is 4.57 Å². The van der Waals surface area contributed by atoms with E-state index in [4.69, 9.17) is 0 Å². The molecule has 1 heterocycles. The minimum Gasteiger partial charge on any atom is -0.318 e. The molecule has 0 aromatic carbocycles. The molecule has 0 aliphatic carbocycles. The maximum Gasteiger partial charge on any atom is 0.250 e. The Bertz CT molecular complexity index is 336. The van der Waals surface area contributed by atoms with Crippen molar-refractivity contribution < 1.29 is 0 Å². The molecule has 0 atom stereocenters. The van der Waals surface area contributed by atoms with Gasteiger partial charge in [0.05, 0.1) is 0 Å². The van der Waals surface area contributed by atoms with Gasteiger partial charge in [0, 0.05) is 19.3 Å². The zero-order valence-electron chi connectivity index (χ0n) is 8.09. The first-order chi connectivity index (χ1) is 5.52. The molecule has 1 aromatic heterocycles. The Labute approximate surface area is 72.8 Å². The maximum atomic E-state index is 11.2. The van der Waals surface area contributed by atoms with Crippen LogP contribution in [0, 0.1) is 6.92 Å². The second kappa shape index (κ2) is 3.13. The van der Waals surface area contributed by atoms with Crippen LogP contribution in [0.5, 0.6) is 0 Å². The zero-order chi connectivity index (χ0) is 9.30. The van der Waals surface area contributed by atoms with Gasteiger partial charge in [-0.15, -0.1) is 0 Å². The Hall–Kier alpha value is -1.05. The lowest BCUT2D eigenvalue weighted by atomic mass is 10.0. The average molecular weight is 165 g/mol. The van der Waals surface area contributed by atoms with E-state index in [-0.39, 0.29) is 5.56 Å². The van der Waals surface area contributed by atoms with E-state index in [0.29, 0.717) is 5.92 Å². The standard InChI is InChI=1S/C10H15NO/c1-7(2)9-6-11(4)10(12)5-8(9)3/h5-7H,1-4H3. The van der Waals surface area contributed by atoms with Crippen molar-refractivity contribution in [2.45, 2.75) is 26.7 Å². The van der Waals surface area contributed by atoms with Crippen molar-refractivity contribution in [1.82, 2.24) is 4.57 Å². The molecule has 0 saturated heterocycles. The number of aryl methyl sites for hydroxylation is 2. The fraction of sp³-hybridized carbons (Fsp3) is 0.500. The van der Waals surface area contributed by atoms with Gasteiger partial charge in [-0.2, -0.15) is 0 Å². The molecule has 0 saturated carbocycles. The minimum absolute atomic E-state index is 0.0666. The normalized spacial score (nSPS) is 10.8. The summed E-state index contributed by atoms with van der Waals surface area (Å²) in [6.07, 6.45) is 1.92. The van der Waals surface area contributed by atoms with E-state index in [0.717, 1.165) is 5.56 Å². The van der Waals surface area contributed by atoms with Gasteiger partial charge in [0.25, 0.3) is 5.56 Å². The van der Waals surface area contributed by atoms with Crippen LogP contribution in [-0.4, -0.2) is 4.57 Å². The first kappa shape index (κ1) is 9.04. The van der Waals surface area contributed by atoms with Crippen molar-refractivity contribution >= 4 is 0 Å². The molecule has 0 aliphatic rings. The molecule has 0 aliphatic heterocycles. The summed E-state index contributed by atoms with van der Waals surface area (Å²) in [6.45, 7) is 6.25. The molecule has 0 radical (unpaired) electrons. The number of rotatable bonds is 1. The predicted molar refractivity (Wildman–Crippen MR) is 50.5 cm³/mol. The zero-order valence-corrected chi connectivity index (χ0v) is 8.09. The fourth-order valence-corrected chi connectivity index (χ4v) is 1.35. The van der Waals surface area contributed by atoms with E-state index in [1.54, 1.807) is 17.7 Å². The largest absolute Gasteiger partial charge is 0.318 e. The Morgan fingerprint density at radius 1 is 1.42 bits per heavy atom. The van der Waals surface area contributed by atoms with Crippen molar-refractivity contribution in [3.63, 3.8) is 0 Å². The van der Waals surface area contributed by atoms with Gasteiger partial charge >= 0.3 is 0 Å². The summed E-state index contributed by atoms with van der Waals surface area (Å²) in [5.41, 5.74) is 2.40. The lowest BCUT2D eigenvalue weighted by Gasteiger charge is -2.10. The summed E-state index contributed by atoms with van der Waals surface area (Å²) in [4.78, 5) is 11.2. The Morgan fingerprint density at radius 2 is 2.00 bits per heavy atom. The third-order valence-electron chi connectivity index (χ3n) is 2.10. The van der Waals surface area contributed by atoms with E-state index in [2.05, 4.69) is 13.8 Å². The molecule has 2 heteroatoms. The quantitative estimate of drug-likeness (QED) is 0.622. The van der Waals surface area contributed by atoms with Crippen LogP contribution in [0.3, 0.4) is 0 Å². The fourth-order valence-electron chi connectivity index (χ4n) is 1.35. The first-order valence-electron chi connectivity index (χ1n) is 4.19. The van der Waals surface area contributed by atoms with Gasteiger partial charge in [-0.1, -0.05) is 13.8 Å². The van der Waals surface area contributed by atoms with E-state index in [1.807, 2.05) is 13.1 Å². The van der Waals surface area contributed by atoms with Crippen molar-refractivity contribution in [3.8, 4) is 0 Å². The SMILES string of the molecule is Cc1cc(=O)n(C)cc1C(C)C. The summed E-state index contributed by atoms with van der Waals surface area (Å²) in [6, 6.07) is 1.69. The Morgan fingerprint density at radius 3 is 2.50 bits per heavy atom. The molecule has 1 aromatic rings. The molecule has 0 N–H and O–H groups in total. The molecule has 12 heavy (non-hydrogen) atoms. The molecule has 1 rings (SSSR count).